The minimum Gasteiger partial charge on any atom is -0.481 e. The molecule has 5 rings (SSSR count). The van der Waals surface area contributed by atoms with Gasteiger partial charge in [-0.1, -0.05) is 216 Å². The van der Waals surface area contributed by atoms with Crippen LogP contribution in [0.2, 0.25) is 0 Å². The Bertz CT molecular complexity index is 3290. The largest absolute Gasteiger partial charge is 0.481 e. The fraction of sp³-hybridized carbons (Fsp3) is 0.556. The molecule has 0 heterocycles. The second-order valence-corrected chi connectivity index (χ2v) is 30.6. The fourth-order valence-electron chi connectivity index (χ4n) is 10.7. The Morgan fingerprint density at radius 3 is 1.15 bits per heavy atom. The Labute approximate surface area is 646 Å². The van der Waals surface area contributed by atoms with Crippen molar-refractivity contribution in [3.8, 4) is 0 Å². The van der Waals surface area contributed by atoms with Crippen molar-refractivity contribution in [3.63, 3.8) is 0 Å². The zero-order valence-corrected chi connectivity index (χ0v) is 63.7. The number of hydrogen-bond acceptors (Lipinski definition) is 18. The maximum atomic E-state index is 12.1. The summed E-state index contributed by atoms with van der Waals surface area (Å²) in [5.74, 6) is -26.2. The number of thioether (sulfide) groups is 2. The Balaban J connectivity index is 0.00000132. The number of halogens is 6. The molecular formula is C72H96F6N2O26S4. The SMILES string of the molecule is CC(SCSC(C)C(=O)O)C(=O)O.CCCCCCCCCCCCCCCCC(C(=O)O)C(=O)O.O=C(O)C1c2ccccc2C(c2ccccc2)C1C(=O)O.O=C(O)CC(Cc1ccccc1)C(=O)O.O=C(O)[C@@H]1CCCC[C@H]1C(=O)O.O=C(O)[C@H](CSSC[C@H](NC(=O)C(F)(F)F)C(=O)O)NC(=O)C(F)(F)F. The molecule has 110 heavy (non-hydrogen) atoms. The lowest BCUT2D eigenvalue weighted by Crippen LogP contribution is -2.48. The van der Waals surface area contributed by atoms with Crippen molar-refractivity contribution in [1.82, 2.24) is 10.6 Å². The molecular weight excluding hydrogens is 1550 g/mol. The summed E-state index contributed by atoms with van der Waals surface area (Å²) in [5.41, 5.74) is 3.07. The number of rotatable bonds is 42. The Hall–Kier alpha value is -8.78. The van der Waals surface area contributed by atoms with E-state index in [9.17, 15) is 104 Å². The molecule has 3 aromatic carbocycles. The third-order valence-electron chi connectivity index (χ3n) is 16.6. The molecule has 1 fully saturated rings. The molecule has 1 saturated carbocycles. The van der Waals surface area contributed by atoms with Crippen molar-refractivity contribution in [3.05, 3.63) is 107 Å². The van der Waals surface area contributed by atoms with Crippen LogP contribution < -0.4 is 10.6 Å². The third kappa shape index (κ3) is 42.4. The number of benzene rings is 3. The van der Waals surface area contributed by atoms with Crippen molar-refractivity contribution in [1.29, 1.82) is 0 Å². The average Bonchev–Trinajstić information content (AvgIpc) is 1.60. The molecule has 6 unspecified atom stereocenters. The standard InChI is InChI=1S/C19H36O4.C17H14O4.C11H12O4.C10H10F6N2O6S2.C8H12O4.C7H12O4S2/c1-2-3-4-5-6-7-8-9-10-11-12-13-14-15-16-17(18(20)21)19(22)23;18-16(19)14-12-9-5-4-8-11(12)13(15(14)17(20)21)10-6-2-1-3-7-10;12-10(13)7-9(11(14)15)6-8-4-2-1-3-5-8;11-9(12,13)7(23)17-3(5(19)20)1-25-26-2-4(6(21)22)18-8(24)10(14,15)16;9-7(10)5-3-1-2-4-6(5)8(11)12;1-4(6(8)9)12-3-13-5(2)7(10)11/h17H,2-16H2,1H3,(H,20,21)(H,22,23);1-9,13-15H,(H,18,19)(H,20,21);1-5,9H,6-7H2,(H,12,13)(H,14,15);3-4H,1-2H2,(H,17,23)(H,18,24)(H,19,20)(H,21,22);5-6H,1-4H2,(H,9,10)(H,11,12);4-5H,3H2,1-2H3,(H,8,9)(H,10,11)/t;;;3-,4-;5-,6-;/m...01./s1. The first-order valence-corrected chi connectivity index (χ1v) is 39.2. The molecule has 0 saturated heterocycles. The van der Waals surface area contributed by atoms with E-state index in [-0.39, 0.29) is 19.3 Å². The van der Waals surface area contributed by atoms with Gasteiger partial charge in [0, 0.05) is 22.5 Å². The first-order valence-electron chi connectivity index (χ1n) is 34.7. The summed E-state index contributed by atoms with van der Waals surface area (Å²) >= 11 is 2.46. The number of aliphatic carboxylic acids is 12. The van der Waals surface area contributed by atoms with Crippen LogP contribution in [0, 0.1) is 29.6 Å². The molecule has 14 N–H and O–H groups in total. The van der Waals surface area contributed by atoms with Crippen molar-refractivity contribution in [2.75, 3.05) is 16.6 Å². The smallest absolute Gasteiger partial charge is 0.471 e. The van der Waals surface area contributed by atoms with E-state index < -0.39 is 171 Å². The zero-order valence-electron chi connectivity index (χ0n) is 60.4. The number of carbonyl (C=O) groups excluding carboxylic acids is 2. The molecule has 0 aromatic heterocycles. The summed E-state index contributed by atoms with van der Waals surface area (Å²) in [5, 5.41) is 108. The van der Waals surface area contributed by atoms with Crippen molar-refractivity contribution < 1.29 is 155 Å². The molecule has 38 heteroatoms. The second-order valence-electron chi connectivity index (χ2n) is 25.0. The highest BCUT2D eigenvalue weighted by Crippen LogP contribution is 2.50. The highest BCUT2D eigenvalue weighted by molar-refractivity contribution is 8.76. The number of amides is 2. The van der Waals surface area contributed by atoms with E-state index in [1.807, 2.05) is 48.5 Å². The van der Waals surface area contributed by atoms with Crippen LogP contribution in [0.3, 0.4) is 0 Å². The first-order chi connectivity index (χ1) is 51.5. The van der Waals surface area contributed by atoms with Gasteiger partial charge in [-0.25, -0.2) is 9.59 Å². The van der Waals surface area contributed by atoms with Gasteiger partial charge in [0.25, 0.3) is 0 Å². The Morgan fingerprint density at radius 1 is 0.445 bits per heavy atom. The predicted octanol–water partition coefficient (Wildman–Crippen LogP) is 12.7. The first kappa shape index (κ1) is 101. The maximum Gasteiger partial charge on any atom is 0.471 e. The molecule has 0 aliphatic heterocycles. The van der Waals surface area contributed by atoms with Gasteiger partial charge < -0.3 is 71.9 Å². The van der Waals surface area contributed by atoms with Gasteiger partial charge in [0.1, 0.15) is 22.6 Å². The van der Waals surface area contributed by atoms with E-state index in [1.165, 1.54) is 105 Å². The van der Waals surface area contributed by atoms with Gasteiger partial charge in [-0.05, 0) is 61.8 Å². The summed E-state index contributed by atoms with van der Waals surface area (Å²) in [6.45, 7) is 5.41. The monoisotopic (exact) mass is 1650 g/mol. The van der Waals surface area contributed by atoms with Gasteiger partial charge in [-0.3, -0.25) is 57.5 Å². The van der Waals surface area contributed by atoms with Crippen LogP contribution in [-0.2, 0) is 73.5 Å². The van der Waals surface area contributed by atoms with E-state index in [2.05, 4.69) is 6.92 Å². The lowest BCUT2D eigenvalue weighted by atomic mass is 9.79. The molecule has 616 valence electrons. The van der Waals surface area contributed by atoms with Crippen LogP contribution in [0.15, 0.2) is 84.9 Å². The molecule has 10 atom stereocenters. The van der Waals surface area contributed by atoms with Gasteiger partial charge in [0.2, 0.25) is 0 Å². The summed E-state index contributed by atoms with van der Waals surface area (Å²) in [6, 6.07) is 21.4. The third-order valence-corrected chi connectivity index (χ3v) is 21.6. The zero-order chi connectivity index (χ0) is 83.9. The summed E-state index contributed by atoms with van der Waals surface area (Å²) < 4.78 is 72.4. The Kier molecular flexibility index (Phi) is 50.4. The quantitative estimate of drug-likeness (QED) is 0.00823. The minimum atomic E-state index is -5.32. The number of hydrogen-bond donors (Lipinski definition) is 14. The highest BCUT2D eigenvalue weighted by atomic mass is 33.1. The van der Waals surface area contributed by atoms with Crippen LogP contribution >= 0.6 is 45.1 Å². The topological polar surface area (TPSA) is 506 Å². The number of carbonyl (C=O) groups is 14. The van der Waals surface area contributed by atoms with Crippen LogP contribution in [-0.4, -0.2) is 196 Å². The van der Waals surface area contributed by atoms with Crippen LogP contribution in [0.1, 0.15) is 183 Å². The van der Waals surface area contributed by atoms with Gasteiger partial charge in [0.15, 0.2) is 5.92 Å². The number of fused-ring (bicyclic) bond motifs is 1. The molecule has 2 aliphatic carbocycles. The molecule has 2 amide bonds. The van der Waals surface area contributed by atoms with Crippen molar-refractivity contribution in [2.45, 2.75) is 202 Å². The van der Waals surface area contributed by atoms with Crippen LogP contribution in [0.25, 0.3) is 0 Å². The molecule has 0 radical (unpaired) electrons. The van der Waals surface area contributed by atoms with E-state index in [4.69, 9.17) is 51.1 Å². The minimum absolute atomic E-state index is 0.252. The fourth-order valence-corrected chi connectivity index (χ4v) is 15.2. The van der Waals surface area contributed by atoms with Crippen molar-refractivity contribution >= 4 is 129 Å². The number of nitrogens with one attached hydrogen (secondary N) is 2. The van der Waals surface area contributed by atoms with E-state index >= 15 is 0 Å². The summed E-state index contributed by atoms with van der Waals surface area (Å²) in [7, 11) is 0.961. The van der Waals surface area contributed by atoms with Gasteiger partial charge in [-0.15, -0.1) is 23.5 Å². The molecule has 3 aromatic rings. The van der Waals surface area contributed by atoms with Crippen LogP contribution in [0.5, 0.6) is 0 Å². The van der Waals surface area contributed by atoms with E-state index in [0.29, 0.717) is 51.5 Å². The van der Waals surface area contributed by atoms with Gasteiger partial charge in [0.05, 0.1) is 36.0 Å². The lowest BCUT2D eigenvalue weighted by molar-refractivity contribution is -0.175. The second kappa shape index (κ2) is 54.8. The van der Waals surface area contributed by atoms with Gasteiger partial charge >= 0.3 is 95.8 Å². The predicted molar refractivity (Wildman–Crippen MR) is 395 cm³/mol. The van der Waals surface area contributed by atoms with Crippen LogP contribution in [0.4, 0.5) is 26.3 Å². The average molecular weight is 1650 g/mol. The number of unbranched alkanes of at least 4 members (excludes halogenated alkanes) is 13. The summed E-state index contributed by atoms with van der Waals surface area (Å²) in [4.78, 5) is 151. The Morgan fingerprint density at radius 2 is 0.818 bits per heavy atom. The molecule has 28 nitrogen and oxygen atoms in total. The lowest BCUT2D eigenvalue weighted by Gasteiger charge is -2.24. The highest BCUT2D eigenvalue weighted by Gasteiger charge is 2.49. The molecule has 0 bridgehead atoms. The van der Waals surface area contributed by atoms with E-state index in [1.54, 1.807) is 50.2 Å². The number of carboxylic acids is 12. The van der Waals surface area contributed by atoms with Gasteiger partial charge in [-0.2, -0.15) is 26.3 Å². The number of carboxylic acid groups (broad SMARTS) is 12. The normalized spacial score (nSPS) is 16.8. The number of alkyl halides is 6. The molecule has 0 spiro atoms. The van der Waals surface area contributed by atoms with Crippen molar-refractivity contribution in [2.24, 2.45) is 29.6 Å². The maximum absolute atomic E-state index is 12.1. The summed E-state index contributed by atoms with van der Waals surface area (Å²) in [6.07, 6.45) is 9.55. The molecule has 2 aliphatic rings. The van der Waals surface area contributed by atoms with E-state index in [0.717, 1.165) is 42.4 Å².